The van der Waals surface area contributed by atoms with E-state index in [1.165, 1.54) is 116 Å². The van der Waals surface area contributed by atoms with Crippen LogP contribution in [0.15, 0.2) is 53.5 Å². The largest absolute Gasteiger partial charge is 0.494 e. The number of nitrogens with zero attached hydrogens (tertiary/aromatic N) is 1. The number of hydrogen-bond acceptors (Lipinski definition) is 4. The summed E-state index contributed by atoms with van der Waals surface area (Å²) in [5.74, 6) is 0.980. The van der Waals surface area contributed by atoms with Crippen molar-refractivity contribution in [3.05, 3.63) is 59.7 Å². The number of ether oxygens (including phenoxy) is 2. The zero-order chi connectivity index (χ0) is 28.1. The molecule has 0 atom stereocenters. The summed E-state index contributed by atoms with van der Waals surface area (Å²) < 4.78 is 11.4. The molecule has 0 bridgehead atoms. The van der Waals surface area contributed by atoms with E-state index < -0.39 is 0 Å². The van der Waals surface area contributed by atoms with Crippen LogP contribution >= 0.6 is 0 Å². The van der Waals surface area contributed by atoms with Crippen LogP contribution in [0.2, 0.25) is 0 Å². The number of benzene rings is 2. The highest BCUT2D eigenvalue weighted by molar-refractivity contribution is 5.91. The normalized spacial score (nSPS) is 14.0. The highest BCUT2D eigenvalue weighted by Gasteiger charge is 2.11. The molecule has 40 heavy (non-hydrogen) atoms. The van der Waals surface area contributed by atoms with Crippen molar-refractivity contribution in [3.63, 3.8) is 0 Å². The number of carbonyl (C=O) groups is 1. The fourth-order valence-corrected chi connectivity index (χ4v) is 5.38. The predicted octanol–water partition coefficient (Wildman–Crippen LogP) is 10.5. The van der Waals surface area contributed by atoms with Crippen LogP contribution in [-0.4, -0.2) is 24.8 Å². The van der Waals surface area contributed by atoms with Crippen LogP contribution in [0.1, 0.15) is 145 Å². The first-order valence-electron chi connectivity index (χ1n) is 16.3. The lowest BCUT2D eigenvalue weighted by Gasteiger charge is -2.17. The third-order valence-electron chi connectivity index (χ3n) is 7.96. The molecule has 0 saturated heterocycles. The van der Waals surface area contributed by atoms with Crippen LogP contribution in [0.25, 0.3) is 0 Å². The van der Waals surface area contributed by atoms with E-state index in [0.717, 1.165) is 24.3 Å². The van der Waals surface area contributed by atoms with Gasteiger partial charge in [-0.3, -0.25) is 4.99 Å². The molecule has 1 fully saturated rings. The highest BCUT2D eigenvalue weighted by atomic mass is 16.5. The lowest BCUT2D eigenvalue weighted by Crippen LogP contribution is -2.09. The first-order chi connectivity index (χ1) is 19.7. The van der Waals surface area contributed by atoms with Crippen molar-refractivity contribution in [3.8, 4) is 11.5 Å². The van der Waals surface area contributed by atoms with Crippen molar-refractivity contribution in [1.82, 2.24) is 0 Å². The summed E-state index contributed by atoms with van der Waals surface area (Å²) in [4.78, 5) is 17.3. The first-order valence-corrected chi connectivity index (χ1v) is 16.3. The van der Waals surface area contributed by atoms with E-state index >= 15 is 0 Å². The maximum Gasteiger partial charge on any atom is 0.343 e. The molecule has 0 aliphatic heterocycles. The van der Waals surface area contributed by atoms with Gasteiger partial charge in [0.25, 0.3) is 0 Å². The van der Waals surface area contributed by atoms with E-state index in [1.54, 1.807) is 12.1 Å². The fourth-order valence-electron chi connectivity index (χ4n) is 5.38. The van der Waals surface area contributed by atoms with Crippen LogP contribution in [-0.2, 0) is 0 Å². The minimum atomic E-state index is -0.359. The number of hydrogen-bond donors (Lipinski definition) is 0. The predicted molar refractivity (Wildman–Crippen MR) is 168 cm³/mol. The molecule has 1 aliphatic carbocycles. The van der Waals surface area contributed by atoms with Crippen LogP contribution in [0.3, 0.4) is 0 Å². The number of carbonyl (C=O) groups excluding carboxylic acids is 1. The molecular formula is C36H53NO3. The smallest absolute Gasteiger partial charge is 0.343 e. The van der Waals surface area contributed by atoms with Gasteiger partial charge in [-0.2, -0.15) is 0 Å². The van der Waals surface area contributed by atoms with Gasteiger partial charge in [-0.15, -0.1) is 0 Å². The second-order valence-corrected chi connectivity index (χ2v) is 11.5. The third kappa shape index (κ3) is 13.6. The standard InChI is InChI=1S/C36H53NO3/c1-2-3-4-5-6-7-8-9-10-11-12-13-14-18-29-39-34-27-23-32(24-28-34)36(38)40-35-25-21-31(22-26-35)30-37-33-19-16-15-17-20-33/h21-28,30,33H,2-20,29H2,1H3. The summed E-state index contributed by atoms with van der Waals surface area (Å²) in [5, 5.41) is 0. The van der Waals surface area contributed by atoms with Gasteiger partial charge in [-0.05, 0) is 73.4 Å². The molecule has 220 valence electrons. The molecule has 4 heteroatoms. The van der Waals surface area contributed by atoms with Gasteiger partial charge in [-0.25, -0.2) is 4.79 Å². The summed E-state index contributed by atoms with van der Waals surface area (Å²) in [6.45, 7) is 3.00. The molecule has 0 heterocycles. The molecule has 0 radical (unpaired) electrons. The molecule has 2 aromatic carbocycles. The number of unbranched alkanes of at least 4 members (excludes halogenated alkanes) is 13. The molecule has 0 amide bonds. The highest BCUT2D eigenvalue weighted by Crippen LogP contribution is 2.21. The number of rotatable bonds is 20. The summed E-state index contributed by atoms with van der Waals surface area (Å²) >= 11 is 0. The molecule has 1 saturated carbocycles. The van der Waals surface area contributed by atoms with E-state index in [1.807, 2.05) is 42.6 Å². The monoisotopic (exact) mass is 547 g/mol. The zero-order valence-electron chi connectivity index (χ0n) is 25.1. The maximum atomic E-state index is 12.6. The van der Waals surface area contributed by atoms with E-state index in [-0.39, 0.29) is 5.97 Å². The summed E-state index contributed by atoms with van der Waals surface area (Å²) in [6.07, 6.45) is 27.2. The Kier molecular flexibility index (Phi) is 16.2. The molecule has 0 spiro atoms. The van der Waals surface area contributed by atoms with Crippen molar-refractivity contribution >= 4 is 12.2 Å². The van der Waals surface area contributed by atoms with Crippen molar-refractivity contribution in [2.75, 3.05) is 6.61 Å². The Labute approximate surface area is 244 Å². The molecular weight excluding hydrogens is 494 g/mol. The van der Waals surface area contributed by atoms with E-state index in [9.17, 15) is 4.79 Å². The van der Waals surface area contributed by atoms with Gasteiger partial charge in [0.1, 0.15) is 11.5 Å². The maximum absolute atomic E-state index is 12.6. The molecule has 0 unspecified atom stereocenters. The van der Waals surface area contributed by atoms with Gasteiger partial charge >= 0.3 is 5.97 Å². The van der Waals surface area contributed by atoms with Crippen LogP contribution in [0.4, 0.5) is 0 Å². The molecule has 3 rings (SSSR count). The number of esters is 1. The Bertz CT molecular complexity index is 945. The third-order valence-corrected chi connectivity index (χ3v) is 7.96. The summed E-state index contributed by atoms with van der Waals surface area (Å²) in [5.41, 5.74) is 1.55. The summed E-state index contributed by atoms with van der Waals surface area (Å²) in [7, 11) is 0. The minimum Gasteiger partial charge on any atom is -0.494 e. The molecule has 4 nitrogen and oxygen atoms in total. The Hall–Kier alpha value is -2.62. The van der Waals surface area contributed by atoms with E-state index in [0.29, 0.717) is 17.4 Å². The lowest BCUT2D eigenvalue weighted by atomic mass is 9.96. The first kappa shape index (κ1) is 31.9. The molecule has 2 aromatic rings. The second kappa shape index (κ2) is 20.3. The van der Waals surface area contributed by atoms with Gasteiger partial charge in [0, 0.05) is 12.3 Å². The Morgan fingerprint density at radius 3 is 1.80 bits per heavy atom. The summed E-state index contributed by atoms with van der Waals surface area (Å²) in [6, 6.07) is 15.3. The average molecular weight is 548 g/mol. The zero-order valence-corrected chi connectivity index (χ0v) is 25.1. The van der Waals surface area contributed by atoms with Gasteiger partial charge < -0.3 is 9.47 Å². The van der Waals surface area contributed by atoms with Crippen molar-refractivity contribution in [2.24, 2.45) is 4.99 Å². The molecule has 0 aromatic heterocycles. The van der Waals surface area contributed by atoms with Gasteiger partial charge in [0.2, 0.25) is 0 Å². The van der Waals surface area contributed by atoms with Crippen LogP contribution in [0.5, 0.6) is 11.5 Å². The SMILES string of the molecule is CCCCCCCCCCCCCCCCOc1ccc(C(=O)Oc2ccc(C=NC3CCCCC3)cc2)cc1. The van der Waals surface area contributed by atoms with E-state index in [4.69, 9.17) is 14.5 Å². The molecule has 1 aliphatic rings. The molecule has 0 N–H and O–H groups in total. The van der Waals surface area contributed by atoms with Gasteiger partial charge in [-0.1, -0.05) is 110 Å². The van der Waals surface area contributed by atoms with Crippen LogP contribution < -0.4 is 9.47 Å². The second-order valence-electron chi connectivity index (χ2n) is 11.5. The Balaban J connectivity index is 1.21. The number of aliphatic imine (C=N–C) groups is 1. The quantitative estimate of drug-likeness (QED) is 0.0717. The van der Waals surface area contributed by atoms with Crippen LogP contribution in [0, 0.1) is 0 Å². The Morgan fingerprint density at radius 2 is 1.23 bits per heavy atom. The average Bonchev–Trinajstić information content (AvgIpc) is 2.99. The van der Waals surface area contributed by atoms with E-state index in [2.05, 4.69) is 6.92 Å². The van der Waals surface area contributed by atoms with Gasteiger partial charge in [0.15, 0.2) is 0 Å². The lowest BCUT2D eigenvalue weighted by molar-refractivity contribution is 0.0734. The minimum absolute atomic E-state index is 0.359. The Morgan fingerprint density at radius 1 is 0.700 bits per heavy atom. The van der Waals surface area contributed by atoms with Crippen molar-refractivity contribution < 1.29 is 14.3 Å². The topological polar surface area (TPSA) is 47.9 Å². The van der Waals surface area contributed by atoms with Crippen molar-refractivity contribution in [2.45, 2.75) is 135 Å². The van der Waals surface area contributed by atoms with Gasteiger partial charge in [0.05, 0.1) is 12.2 Å². The van der Waals surface area contributed by atoms with Crippen molar-refractivity contribution in [1.29, 1.82) is 0 Å². The fraction of sp³-hybridized carbons (Fsp3) is 0.611.